The summed E-state index contributed by atoms with van der Waals surface area (Å²) < 4.78 is 42.9. The molecular weight excluding hydrogens is 349 g/mol. The van der Waals surface area contributed by atoms with E-state index >= 15 is 0 Å². The first-order valence-corrected chi connectivity index (χ1v) is 7.57. The maximum Gasteiger partial charge on any atom is 0.416 e. The maximum absolute atomic E-state index is 12.5. The highest BCUT2D eigenvalue weighted by Crippen LogP contribution is 2.29. The molecule has 1 N–H and O–H groups in total. The number of nitrogens with one attached hydrogen (secondary N) is 1. The second kappa shape index (κ2) is 7.34. The number of halogens is 3. The quantitative estimate of drug-likeness (QED) is 0.755. The Hall–Kier alpha value is -3.23. The van der Waals surface area contributed by atoms with Crippen molar-refractivity contribution in [2.45, 2.75) is 19.1 Å². The van der Waals surface area contributed by atoms with Gasteiger partial charge in [0.1, 0.15) is 6.42 Å². The first-order chi connectivity index (χ1) is 12.4. The van der Waals surface area contributed by atoms with Crippen LogP contribution in [0.4, 0.5) is 13.2 Å². The van der Waals surface area contributed by atoms with Crippen LogP contribution in [-0.4, -0.2) is 21.1 Å². The van der Waals surface area contributed by atoms with E-state index < -0.39 is 11.7 Å². The number of amides is 1. The minimum Gasteiger partial charge on any atom is -0.420 e. The van der Waals surface area contributed by atoms with Crippen molar-refractivity contribution >= 4 is 5.91 Å². The van der Waals surface area contributed by atoms with Gasteiger partial charge in [0.2, 0.25) is 17.7 Å². The summed E-state index contributed by atoms with van der Waals surface area (Å²) in [5.74, 6) is 0.0366. The van der Waals surface area contributed by atoms with Crippen molar-refractivity contribution in [1.82, 2.24) is 20.5 Å². The highest BCUT2D eigenvalue weighted by molar-refractivity contribution is 5.77. The van der Waals surface area contributed by atoms with Gasteiger partial charge in [-0.3, -0.25) is 9.78 Å². The highest BCUT2D eigenvalue weighted by Gasteiger charge is 2.29. The first kappa shape index (κ1) is 17.6. The zero-order chi connectivity index (χ0) is 18.6. The lowest BCUT2D eigenvalue weighted by atomic mass is 10.1. The molecule has 26 heavy (non-hydrogen) atoms. The molecule has 134 valence electrons. The van der Waals surface area contributed by atoms with Gasteiger partial charge in [-0.1, -0.05) is 12.1 Å². The molecule has 6 nitrogen and oxygen atoms in total. The van der Waals surface area contributed by atoms with Gasteiger partial charge in [0.05, 0.1) is 5.56 Å². The third kappa shape index (κ3) is 4.44. The van der Waals surface area contributed by atoms with Crippen molar-refractivity contribution in [2.75, 3.05) is 0 Å². The summed E-state index contributed by atoms with van der Waals surface area (Å²) in [5.41, 5.74) is 0.500. The van der Waals surface area contributed by atoms with Gasteiger partial charge in [-0.2, -0.15) is 13.2 Å². The molecule has 0 aliphatic rings. The Kier molecular flexibility index (Phi) is 4.97. The summed E-state index contributed by atoms with van der Waals surface area (Å²) >= 11 is 0. The van der Waals surface area contributed by atoms with Gasteiger partial charge < -0.3 is 9.73 Å². The number of alkyl halides is 3. The largest absolute Gasteiger partial charge is 0.420 e. The molecule has 9 heteroatoms. The molecule has 0 atom stereocenters. The number of hydrogen-bond acceptors (Lipinski definition) is 5. The molecule has 2 aromatic heterocycles. The number of pyridine rings is 1. The monoisotopic (exact) mass is 362 g/mol. The van der Waals surface area contributed by atoms with Gasteiger partial charge in [-0.25, -0.2) is 0 Å². The number of hydrogen-bond donors (Lipinski definition) is 1. The molecule has 1 aromatic carbocycles. The molecule has 0 saturated heterocycles. The van der Waals surface area contributed by atoms with E-state index in [-0.39, 0.29) is 30.7 Å². The van der Waals surface area contributed by atoms with E-state index in [0.29, 0.717) is 11.1 Å². The minimum absolute atomic E-state index is 0.0995. The van der Waals surface area contributed by atoms with Crippen molar-refractivity contribution in [2.24, 2.45) is 0 Å². The second-order valence-corrected chi connectivity index (χ2v) is 5.39. The molecule has 0 radical (unpaired) electrons. The molecule has 0 fully saturated rings. The molecule has 0 spiro atoms. The molecule has 3 rings (SSSR count). The summed E-state index contributed by atoms with van der Waals surface area (Å²) in [4.78, 5) is 15.8. The average molecular weight is 362 g/mol. The average Bonchev–Trinajstić information content (AvgIpc) is 3.09. The third-order valence-corrected chi connectivity index (χ3v) is 3.48. The smallest absolute Gasteiger partial charge is 0.416 e. The van der Waals surface area contributed by atoms with Gasteiger partial charge in [0.25, 0.3) is 0 Å². The fourth-order valence-electron chi connectivity index (χ4n) is 2.15. The van der Waals surface area contributed by atoms with Crippen molar-refractivity contribution in [3.63, 3.8) is 0 Å². The summed E-state index contributed by atoms with van der Waals surface area (Å²) in [7, 11) is 0. The van der Waals surface area contributed by atoms with E-state index in [9.17, 15) is 18.0 Å². The van der Waals surface area contributed by atoms with Crippen LogP contribution >= 0.6 is 0 Å². The number of carbonyl (C=O) groups is 1. The zero-order valence-electron chi connectivity index (χ0n) is 13.3. The van der Waals surface area contributed by atoms with Crippen LogP contribution in [0.3, 0.4) is 0 Å². The Morgan fingerprint density at radius 2 is 1.73 bits per heavy atom. The Balaban J connectivity index is 1.54. The van der Waals surface area contributed by atoms with E-state index in [2.05, 4.69) is 20.5 Å². The van der Waals surface area contributed by atoms with Crippen LogP contribution in [0.25, 0.3) is 11.5 Å². The minimum atomic E-state index is -4.38. The first-order valence-electron chi connectivity index (χ1n) is 7.57. The Bertz CT molecular complexity index is 877. The molecule has 1 amide bonds. The molecule has 0 saturated carbocycles. The fourth-order valence-corrected chi connectivity index (χ4v) is 2.15. The maximum atomic E-state index is 12.5. The van der Waals surface area contributed by atoms with E-state index in [1.807, 2.05) is 0 Å². The van der Waals surface area contributed by atoms with Crippen LogP contribution in [0.2, 0.25) is 0 Å². The number of rotatable bonds is 5. The van der Waals surface area contributed by atoms with Gasteiger partial charge in [0.15, 0.2) is 0 Å². The van der Waals surface area contributed by atoms with Crippen LogP contribution < -0.4 is 5.32 Å². The van der Waals surface area contributed by atoms with Gasteiger partial charge >= 0.3 is 6.18 Å². The fraction of sp³-hybridized carbons (Fsp3) is 0.176. The number of nitrogens with zero attached hydrogens (tertiary/aromatic N) is 3. The van der Waals surface area contributed by atoms with Crippen LogP contribution in [0.1, 0.15) is 17.0 Å². The van der Waals surface area contributed by atoms with Crippen LogP contribution in [0, 0.1) is 0 Å². The van der Waals surface area contributed by atoms with E-state index in [1.165, 1.54) is 12.1 Å². The predicted molar refractivity (Wildman–Crippen MR) is 84.5 cm³/mol. The van der Waals surface area contributed by atoms with Crippen LogP contribution in [-0.2, 0) is 23.9 Å². The van der Waals surface area contributed by atoms with Crippen molar-refractivity contribution in [1.29, 1.82) is 0 Å². The summed E-state index contributed by atoms with van der Waals surface area (Å²) in [6.07, 6.45) is -1.35. The molecule has 0 bridgehead atoms. The van der Waals surface area contributed by atoms with E-state index in [0.717, 1.165) is 12.1 Å². The van der Waals surface area contributed by atoms with E-state index in [4.69, 9.17) is 4.42 Å². The SMILES string of the molecule is O=C(Cc1nnc(-c2ccncc2)o1)NCc1ccc(C(F)(F)F)cc1. The predicted octanol–water partition coefficient (Wildman–Crippen LogP) is 3.01. The van der Waals surface area contributed by atoms with Crippen LogP contribution in [0.15, 0.2) is 53.2 Å². The molecule has 0 aliphatic carbocycles. The molecule has 0 aliphatic heterocycles. The standard InChI is InChI=1S/C17H13F3N4O2/c18-17(19,20)13-3-1-11(2-4-13)10-22-14(25)9-15-23-24-16(26-15)12-5-7-21-8-6-12/h1-8H,9-10H2,(H,22,25). The van der Waals surface area contributed by atoms with Crippen molar-refractivity contribution < 1.29 is 22.4 Å². The lowest BCUT2D eigenvalue weighted by Crippen LogP contribution is -2.24. The zero-order valence-corrected chi connectivity index (χ0v) is 13.3. The summed E-state index contributed by atoms with van der Waals surface area (Å²) in [6.45, 7) is 0.0995. The van der Waals surface area contributed by atoms with Gasteiger partial charge in [-0.05, 0) is 29.8 Å². The number of benzene rings is 1. The number of aromatic nitrogens is 3. The summed E-state index contributed by atoms with van der Waals surface area (Å²) in [5, 5.41) is 10.3. The lowest BCUT2D eigenvalue weighted by molar-refractivity contribution is -0.137. The Morgan fingerprint density at radius 1 is 1.04 bits per heavy atom. The lowest BCUT2D eigenvalue weighted by Gasteiger charge is -2.08. The van der Waals surface area contributed by atoms with Gasteiger partial charge in [0, 0.05) is 24.5 Å². The summed E-state index contributed by atoms with van der Waals surface area (Å²) in [6, 6.07) is 7.97. The van der Waals surface area contributed by atoms with Gasteiger partial charge in [-0.15, -0.1) is 10.2 Å². The van der Waals surface area contributed by atoms with Crippen LogP contribution in [0.5, 0.6) is 0 Å². The van der Waals surface area contributed by atoms with E-state index in [1.54, 1.807) is 24.5 Å². The third-order valence-electron chi connectivity index (χ3n) is 3.48. The number of carbonyl (C=O) groups excluding carboxylic acids is 1. The molecule has 0 unspecified atom stereocenters. The van der Waals surface area contributed by atoms with Crippen molar-refractivity contribution in [3.05, 3.63) is 65.8 Å². The Labute approximate surface area is 146 Å². The highest BCUT2D eigenvalue weighted by atomic mass is 19.4. The normalized spacial score (nSPS) is 11.3. The second-order valence-electron chi connectivity index (χ2n) is 5.39. The Morgan fingerprint density at radius 3 is 2.38 bits per heavy atom. The molecule has 3 aromatic rings. The molecular formula is C17H13F3N4O2. The van der Waals surface area contributed by atoms with Crippen molar-refractivity contribution in [3.8, 4) is 11.5 Å². The molecule has 2 heterocycles. The topological polar surface area (TPSA) is 80.9 Å².